The number of benzene rings is 3. The minimum Gasteiger partial charge on any atom is -0.229 e. The number of hydrogen-bond donors (Lipinski definition) is 0. The molecule has 0 saturated heterocycles. The summed E-state index contributed by atoms with van der Waals surface area (Å²) in [7, 11) is -10.2. The zero-order valence-corrected chi connectivity index (χ0v) is 29.6. The second-order valence-corrected chi connectivity index (χ2v) is 22.6. The van der Waals surface area contributed by atoms with E-state index in [0.717, 1.165) is 16.7 Å². The van der Waals surface area contributed by atoms with Crippen LogP contribution in [0.25, 0.3) is 0 Å². The fourth-order valence-corrected chi connectivity index (χ4v) is 14.1. The van der Waals surface area contributed by atoms with Gasteiger partial charge in [-0.15, -0.1) is 0 Å². The first-order valence-electron chi connectivity index (χ1n) is 14.7. The van der Waals surface area contributed by atoms with Crippen molar-refractivity contribution in [2.75, 3.05) is 18.8 Å². The molecule has 43 heavy (non-hydrogen) atoms. The van der Waals surface area contributed by atoms with Crippen LogP contribution in [-0.4, -0.2) is 73.9 Å². The van der Waals surface area contributed by atoms with Crippen LogP contribution in [0, 0.1) is 0 Å². The molecule has 0 bridgehead atoms. The van der Waals surface area contributed by atoms with E-state index in [1.165, 1.54) is 18.8 Å². The maximum Gasteiger partial charge on any atom is 0.263 e. The molecule has 234 valence electrons. The number of sulfone groups is 3. The summed E-state index contributed by atoms with van der Waals surface area (Å²) in [5.41, 5.74) is 2.79. The lowest BCUT2D eigenvalue weighted by atomic mass is 9.97. The van der Waals surface area contributed by atoms with Crippen LogP contribution in [0.1, 0.15) is 55.2 Å². The summed E-state index contributed by atoms with van der Waals surface area (Å²) < 4.78 is 77.7. The summed E-state index contributed by atoms with van der Waals surface area (Å²) in [6, 6.07) is 28.9. The van der Waals surface area contributed by atoms with E-state index >= 15 is 0 Å². The second kappa shape index (κ2) is 14.9. The number of rotatable bonds is 15. The first kappa shape index (κ1) is 35.5. The van der Waals surface area contributed by atoms with E-state index in [-0.39, 0.29) is 17.8 Å². The van der Waals surface area contributed by atoms with Crippen LogP contribution in [0.5, 0.6) is 0 Å². The Morgan fingerprint density at radius 2 is 0.651 bits per heavy atom. The fraction of sp³-hybridized carbons (Fsp3) is 0.455. The molecule has 3 rings (SSSR count). The largest absolute Gasteiger partial charge is 0.263 e. The molecule has 0 saturated carbocycles. The summed E-state index contributed by atoms with van der Waals surface area (Å²) in [6.45, 7) is 5.25. The van der Waals surface area contributed by atoms with Gasteiger partial charge in [-0.3, -0.25) is 0 Å². The summed E-state index contributed by atoms with van der Waals surface area (Å²) in [4.78, 5) is 0. The Balaban J connectivity index is 2.19. The molecule has 0 N–H and O–H groups in total. The van der Waals surface area contributed by atoms with Crippen LogP contribution in [-0.2, 0) is 29.5 Å². The molecule has 3 aromatic carbocycles. The lowest BCUT2D eigenvalue weighted by Crippen LogP contribution is -2.35. The molecule has 0 heterocycles. The Labute approximate surface area is 264 Å². The van der Waals surface area contributed by atoms with E-state index in [4.69, 9.17) is 0 Å². The van der Waals surface area contributed by atoms with Crippen molar-refractivity contribution < 1.29 is 25.3 Å². The van der Waals surface area contributed by atoms with E-state index in [0.29, 0.717) is 15.8 Å². The van der Waals surface area contributed by atoms with Crippen LogP contribution in [0.4, 0.5) is 0 Å². The lowest BCUT2D eigenvalue weighted by molar-refractivity contribution is 0.568. The third kappa shape index (κ3) is 10.0. The zero-order valence-electron chi connectivity index (χ0n) is 26.0. The lowest BCUT2D eigenvalue weighted by Gasteiger charge is -2.33. The van der Waals surface area contributed by atoms with E-state index in [1.54, 1.807) is 20.8 Å². The van der Waals surface area contributed by atoms with Gasteiger partial charge in [0.1, 0.15) is 0 Å². The third-order valence-corrected chi connectivity index (χ3v) is 17.7. The molecule has 3 aromatic rings. The normalized spacial score (nSPS) is 16.9. The summed E-state index contributed by atoms with van der Waals surface area (Å²) in [6.07, 6.45) is 3.80. The van der Waals surface area contributed by atoms with Crippen molar-refractivity contribution in [3.8, 4) is 0 Å². The first-order valence-corrected chi connectivity index (χ1v) is 23.0. The maximum absolute atomic E-state index is 13.0. The molecule has 0 aromatic heterocycles. The van der Waals surface area contributed by atoms with Crippen LogP contribution in [0.2, 0.25) is 15.8 Å². The van der Waals surface area contributed by atoms with Crippen molar-refractivity contribution in [1.82, 2.24) is 0 Å². The molecule has 0 radical (unpaired) electrons. The smallest absolute Gasteiger partial charge is 0.229 e. The Hall–Kier alpha value is -1.96. The van der Waals surface area contributed by atoms with Gasteiger partial charge >= 0.3 is 0 Å². The molecule has 0 amide bonds. The van der Waals surface area contributed by atoms with Crippen molar-refractivity contribution in [2.24, 2.45) is 0 Å². The van der Waals surface area contributed by atoms with Gasteiger partial charge in [0, 0.05) is 18.8 Å². The van der Waals surface area contributed by atoms with Crippen molar-refractivity contribution in [3.05, 3.63) is 108 Å². The summed E-state index contributed by atoms with van der Waals surface area (Å²) in [5, 5.41) is -0.187. The molecule has 10 heteroatoms. The van der Waals surface area contributed by atoms with E-state index < -0.39 is 59.4 Å². The van der Waals surface area contributed by atoms with Gasteiger partial charge in [0.2, 0.25) is 0 Å². The topological polar surface area (TPSA) is 102 Å². The van der Waals surface area contributed by atoms with Gasteiger partial charge in [-0.05, 0) is 55.2 Å². The fourth-order valence-electron chi connectivity index (χ4n) is 6.16. The van der Waals surface area contributed by atoms with Gasteiger partial charge < -0.3 is 0 Å². The predicted octanol–water partition coefficient (Wildman–Crippen LogP) is 6.13. The highest BCUT2D eigenvalue weighted by Gasteiger charge is 2.39. The molecule has 6 unspecified atom stereocenters. The van der Waals surface area contributed by atoms with Crippen LogP contribution >= 0.6 is 0 Å². The van der Waals surface area contributed by atoms with E-state index in [9.17, 15) is 25.3 Å². The standard InChI is InChI=1S/3C11H15O2S.Al/c3*1-9(10(2)14(3,12)13)11-7-5-4-6-8-11;/h3*4-10H,1H2,2-3H3;. The van der Waals surface area contributed by atoms with Gasteiger partial charge in [0.05, 0.1) is 15.7 Å². The van der Waals surface area contributed by atoms with Gasteiger partial charge in [-0.2, -0.15) is 0 Å². The van der Waals surface area contributed by atoms with Gasteiger partial charge in [0.25, 0.3) is 14.1 Å². The highest BCUT2D eigenvalue weighted by atomic mass is 32.2. The molecular formula is C33H45AlO6S3. The average Bonchev–Trinajstić information content (AvgIpc) is 2.95. The Kier molecular flexibility index (Phi) is 12.3. The van der Waals surface area contributed by atoms with Gasteiger partial charge in [-0.25, -0.2) is 25.3 Å². The Morgan fingerprint density at radius 3 is 0.837 bits per heavy atom. The SMILES string of the molecule is CC(C([CH2][Al]([CH2]C(c1ccccc1)C(C)S(C)(=O)=O)[CH2]C(c1ccccc1)C(C)S(C)(=O)=O)c1ccccc1)S(C)(=O)=O. The highest BCUT2D eigenvalue weighted by molar-refractivity contribution is 7.91. The summed E-state index contributed by atoms with van der Waals surface area (Å²) in [5.74, 6) is -0.909. The molecule has 6 atom stereocenters. The average molecular weight is 661 g/mol. The van der Waals surface area contributed by atoms with Crippen molar-refractivity contribution in [2.45, 2.75) is 70.1 Å². The predicted molar refractivity (Wildman–Crippen MR) is 181 cm³/mol. The molecule has 0 aliphatic rings. The van der Waals surface area contributed by atoms with Crippen molar-refractivity contribution >= 4 is 43.7 Å². The molecular weight excluding hydrogens is 616 g/mol. The Morgan fingerprint density at radius 1 is 0.442 bits per heavy atom. The monoisotopic (exact) mass is 660 g/mol. The van der Waals surface area contributed by atoms with Crippen LogP contribution < -0.4 is 0 Å². The zero-order chi connectivity index (χ0) is 32.0. The molecule has 0 aliphatic heterocycles. The van der Waals surface area contributed by atoms with Crippen LogP contribution in [0.3, 0.4) is 0 Å². The Bertz CT molecular complexity index is 1430. The van der Waals surface area contributed by atoms with E-state index in [2.05, 4.69) is 0 Å². The summed E-state index contributed by atoms with van der Waals surface area (Å²) >= 11 is -2.09. The minimum atomic E-state index is -3.41. The second-order valence-electron chi connectivity index (χ2n) is 12.2. The van der Waals surface area contributed by atoms with Crippen molar-refractivity contribution in [3.63, 3.8) is 0 Å². The highest BCUT2D eigenvalue weighted by Crippen LogP contribution is 2.40. The molecule has 0 aliphatic carbocycles. The molecule has 0 fully saturated rings. The van der Waals surface area contributed by atoms with E-state index in [1.807, 2.05) is 91.0 Å². The van der Waals surface area contributed by atoms with Crippen LogP contribution in [0.15, 0.2) is 91.0 Å². The van der Waals surface area contributed by atoms with Gasteiger partial charge in [-0.1, -0.05) is 107 Å². The maximum atomic E-state index is 13.0. The van der Waals surface area contributed by atoms with Gasteiger partial charge in [0.15, 0.2) is 29.5 Å². The number of hydrogen-bond acceptors (Lipinski definition) is 6. The molecule has 0 spiro atoms. The quantitative estimate of drug-likeness (QED) is 0.182. The minimum absolute atomic E-state index is 0.303. The third-order valence-electron chi connectivity index (χ3n) is 9.17. The first-order chi connectivity index (χ1) is 20.0. The van der Waals surface area contributed by atoms with Crippen molar-refractivity contribution in [1.29, 1.82) is 0 Å². The molecule has 6 nitrogen and oxygen atoms in total.